The van der Waals surface area contributed by atoms with Crippen molar-refractivity contribution in [2.45, 2.75) is 32.8 Å². The smallest absolute Gasteiger partial charge is 0.167 e. The van der Waals surface area contributed by atoms with Gasteiger partial charge in [-0.15, -0.1) is 0 Å². The molecule has 0 heterocycles. The van der Waals surface area contributed by atoms with E-state index in [9.17, 15) is 9.90 Å². The van der Waals surface area contributed by atoms with Crippen molar-refractivity contribution in [2.75, 3.05) is 0 Å². The quantitative estimate of drug-likeness (QED) is 0.504. The zero-order valence-electron chi connectivity index (χ0n) is 8.03. The van der Waals surface area contributed by atoms with Crippen LogP contribution in [0.15, 0.2) is 11.8 Å². The molecule has 0 saturated heterocycles. The second kappa shape index (κ2) is 3.92. The van der Waals surface area contributed by atoms with Crippen molar-refractivity contribution in [1.82, 2.24) is 0 Å². The SMILES string of the molecule is CCC1C(=O)C(=CO)C(O)C1CC. The van der Waals surface area contributed by atoms with E-state index in [0.29, 0.717) is 0 Å². The summed E-state index contributed by atoms with van der Waals surface area (Å²) in [6.07, 6.45) is 1.48. The van der Waals surface area contributed by atoms with Crippen molar-refractivity contribution in [3.8, 4) is 0 Å². The Kier molecular flexibility index (Phi) is 3.09. The molecule has 3 unspecified atom stereocenters. The van der Waals surface area contributed by atoms with Gasteiger partial charge in [-0.05, 0) is 18.8 Å². The van der Waals surface area contributed by atoms with Gasteiger partial charge in [0.25, 0.3) is 0 Å². The van der Waals surface area contributed by atoms with E-state index in [1.165, 1.54) is 0 Å². The van der Waals surface area contributed by atoms with Gasteiger partial charge < -0.3 is 10.2 Å². The van der Waals surface area contributed by atoms with E-state index in [2.05, 4.69) is 0 Å². The normalized spacial score (nSPS) is 37.3. The summed E-state index contributed by atoms with van der Waals surface area (Å²) in [5.41, 5.74) is 0.179. The summed E-state index contributed by atoms with van der Waals surface area (Å²) in [7, 11) is 0. The summed E-state index contributed by atoms with van der Waals surface area (Å²) < 4.78 is 0. The maximum Gasteiger partial charge on any atom is 0.167 e. The highest BCUT2D eigenvalue weighted by molar-refractivity contribution is 6.00. The lowest BCUT2D eigenvalue weighted by Gasteiger charge is -2.16. The van der Waals surface area contributed by atoms with Crippen LogP contribution in [0.1, 0.15) is 26.7 Å². The van der Waals surface area contributed by atoms with Gasteiger partial charge in [-0.2, -0.15) is 0 Å². The first kappa shape index (κ1) is 10.3. The molecule has 0 aromatic heterocycles. The van der Waals surface area contributed by atoms with E-state index in [0.717, 1.165) is 19.1 Å². The zero-order valence-corrected chi connectivity index (χ0v) is 8.03. The third-order valence-electron chi connectivity index (χ3n) is 2.91. The number of carbonyl (C=O) groups excluding carboxylic acids is 1. The van der Waals surface area contributed by atoms with Crippen molar-refractivity contribution < 1.29 is 15.0 Å². The number of aliphatic hydroxyl groups is 2. The third-order valence-corrected chi connectivity index (χ3v) is 2.91. The molecule has 1 fully saturated rings. The van der Waals surface area contributed by atoms with Crippen molar-refractivity contribution >= 4 is 5.78 Å². The van der Waals surface area contributed by atoms with Crippen LogP contribution in [0.2, 0.25) is 0 Å². The van der Waals surface area contributed by atoms with Gasteiger partial charge in [-0.3, -0.25) is 4.79 Å². The van der Waals surface area contributed by atoms with E-state index < -0.39 is 6.10 Å². The predicted octanol–water partition coefficient (Wildman–Crippen LogP) is 1.42. The Bertz CT molecular complexity index is 232. The van der Waals surface area contributed by atoms with Crippen LogP contribution in [0.3, 0.4) is 0 Å². The molecule has 1 aliphatic rings. The molecule has 0 aromatic carbocycles. The van der Waals surface area contributed by atoms with Crippen molar-refractivity contribution in [1.29, 1.82) is 0 Å². The molecule has 3 nitrogen and oxygen atoms in total. The Morgan fingerprint density at radius 2 is 2.00 bits per heavy atom. The molecule has 2 N–H and O–H groups in total. The second-order valence-corrected chi connectivity index (χ2v) is 3.48. The molecule has 74 valence electrons. The van der Waals surface area contributed by atoms with Crippen molar-refractivity contribution in [2.24, 2.45) is 11.8 Å². The Hall–Kier alpha value is -0.830. The lowest BCUT2D eigenvalue weighted by atomic mass is 9.90. The topological polar surface area (TPSA) is 57.5 Å². The lowest BCUT2D eigenvalue weighted by molar-refractivity contribution is -0.118. The zero-order chi connectivity index (χ0) is 10.0. The van der Waals surface area contributed by atoms with Gasteiger partial charge in [0.1, 0.15) is 0 Å². The fraction of sp³-hybridized carbons (Fsp3) is 0.700. The predicted molar refractivity (Wildman–Crippen MR) is 49.3 cm³/mol. The number of aliphatic hydroxyl groups excluding tert-OH is 2. The van der Waals surface area contributed by atoms with Gasteiger partial charge in [-0.1, -0.05) is 13.8 Å². The standard InChI is InChI=1S/C10H16O3/c1-3-6-7(4-2)10(13)8(5-11)9(6)12/h5-7,9,11-12H,3-4H2,1-2H3. The highest BCUT2D eigenvalue weighted by Crippen LogP contribution is 2.36. The molecular formula is C10H16O3. The van der Waals surface area contributed by atoms with Crippen LogP contribution >= 0.6 is 0 Å². The highest BCUT2D eigenvalue weighted by Gasteiger charge is 2.43. The van der Waals surface area contributed by atoms with Crippen LogP contribution in [-0.4, -0.2) is 22.1 Å². The van der Waals surface area contributed by atoms with Crippen LogP contribution in [0.5, 0.6) is 0 Å². The minimum Gasteiger partial charge on any atom is -0.515 e. The number of rotatable bonds is 2. The fourth-order valence-electron chi connectivity index (χ4n) is 2.14. The number of hydrogen-bond donors (Lipinski definition) is 2. The first-order valence-corrected chi connectivity index (χ1v) is 4.73. The van der Waals surface area contributed by atoms with Crippen molar-refractivity contribution in [3.63, 3.8) is 0 Å². The molecule has 3 atom stereocenters. The van der Waals surface area contributed by atoms with E-state index in [1.807, 2.05) is 13.8 Å². The average molecular weight is 184 g/mol. The summed E-state index contributed by atoms with van der Waals surface area (Å²) in [5.74, 6) is -0.223. The molecule has 0 bridgehead atoms. The maximum atomic E-state index is 11.6. The molecule has 3 heteroatoms. The van der Waals surface area contributed by atoms with E-state index in [1.54, 1.807) is 0 Å². The monoisotopic (exact) mass is 184 g/mol. The number of Topliss-reactive ketones (excluding diaryl/α,β-unsaturated/α-hetero) is 1. The van der Waals surface area contributed by atoms with Gasteiger partial charge in [-0.25, -0.2) is 0 Å². The lowest BCUT2D eigenvalue weighted by Crippen LogP contribution is -2.19. The number of ketones is 1. The van der Waals surface area contributed by atoms with Gasteiger partial charge in [0.05, 0.1) is 17.9 Å². The van der Waals surface area contributed by atoms with E-state index >= 15 is 0 Å². The molecule has 13 heavy (non-hydrogen) atoms. The summed E-state index contributed by atoms with van der Waals surface area (Å²) in [6.45, 7) is 3.88. The molecule has 1 rings (SSSR count). The maximum absolute atomic E-state index is 11.6. The van der Waals surface area contributed by atoms with Gasteiger partial charge in [0.2, 0.25) is 0 Å². The molecular weight excluding hydrogens is 168 g/mol. The van der Waals surface area contributed by atoms with Gasteiger partial charge >= 0.3 is 0 Å². The molecule has 1 aliphatic carbocycles. The summed E-state index contributed by atoms with van der Waals surface area (Å²) >= 11 is 0. The van der Waals surface area contributed by atoms with Crippen LogP contribution in [-0.2, 0) is 4.79 Å². The van der Waals surface area contributed by atoms with Crippen LogP contribution < -0.4 is 0 Å². The summed E-state index contributed by atoms with van der Waals surface area (Å²) in [5, 5.41) is 18.5. The van der Waals surface area contributed by atoms with Gasteiger partial charge in [0, 0.05) is 5.92 Å². The van der Waals surface area contributed by atoms with Crippen molar-refractivity contribution in [3.05, 3.63) is 11.8 Å². The Labute approximate surface area is 78.1 Å². The third kappa shape index (κ3) is 1.48. The molecule has 0 aliphatic heterocycles. The van der Waals surface area contributed by atoms with E-state index in [4.69, 9.17) is 5.11 Å². The average Bonchev–Trinajstić information content (AvgIpc) is 2.36. The minimum absolute atomic E-state index is 0.0177. The molecule has 0 amide bonds. The molecule has 0 radical (unpaired) electrons. The Morgan fingerprint density at radius 1 is 1.38 bits per heavy atom. The van der Waals surface area contributed by atoms with Crippen LogP contribution in [0.4, 0.5) is 0 Å². The summed E-state index contributed by atoms with van der Waals surface area (Å²) in [4.78, 5) is 11.6. The molecule has 0 spiro atoms. The fourth-order valence-corrected chi connectivity index (χ4v) is 2.14. The second-order valence-electron chi connectivity index (χ2n) is 3.48. The van der Waals surface area contributed by atoms with E-state index in [-0.39, 0.29) is 23.2 Å². The number of hydrogen-bond acceptors (Lipinski definition) is 3. The Morgan fingerprint density at radius 3 is 2.31 bits per heavy atom. The molecule has 1 saturated carbocycles. The first-order valence-electron chi connectivity index (χ1n) is 4.73. The first-order chi connectivity index (χ1) is 6.17. The van der Waals surface area contributed by atoms with Crippen LogP contribution in [0.25, 0.3) is 0 Å². The number of carbonyl (C=O) groups is 1. The Balaban J connectivity index is 2.95. The molecule has 0 aromatic rings. The largest absolute Gasteiger partial charge is 0.515 e. The summed E-state index contributed by atoms with van der Waals surface area (Å²) in [6, 6.07) is 0. The van der Waals surface area contributed by atoms with Gasteiger partial charge in [0.15, 0.2) is 5.78 Å². The highest BCUT2D eigenvalue weighted by atomic mass is 16.3. The van der Waals surface area contributed by atoms with Crippen LogP contribution in [0, 0.1) is 11.8 Å². The minimum atomic E-state index is -0.771.